The fourth-order valence-corrected chi connectivity index (χ4v) is 2.02. The topological polar surface area (TPSA) is 41.8 Å². The van der Waals surface area contributed by atoms with Crippen LogP contribution < -0.4 is 5.73 Å². The van der Waals surface area contributed by atoms with E-state index >= 15 is 0 Å². The van der Waals surface area contributed by atoms with Gasteiger partial charge in [0.25, 0.3) is 0 Å². The van der Waals surface area contributed by atoms with Gasteiger partial charge >= 0.3 is 0 Å². The van der Waals surface area contributed by atoms with Crippen molar-refractivity contribution in [1.29, 1.82) is 0 Å². The van der Waals surface area contributed by atoms with Crippen molar-refractivity contribution in [3.63, 3.8) is 0 Å². The number of fused-ring (bicyclic) bond motifs is 1. The number of nitrogens with one attached hydrogen (secondary N) is 1. The first-order chi connectivity index (χ1) is 6.74. The van der Waals surface area contributed by atoms with Crippen LogP contribution in [0.5, 0.6) is 0 Å². The Hall–Kier alpha value is -0.990. The van der Waals surface area contributed by atoms with Crippen molar-refractivity contribution in [3.05, 3.63) is 34.5 Å². The van der Waals surface area contributed by atoms with E-state index in [1.807, 2.05) is 19.2 Å². The Balaban J connectivity index is 2.67. The van der Waals surface area contributed by atoms with Gasteiger partial charge in [0.05, 0.1) is 10.5 Å². The quantitative estimate of drug-likeness (QED) is 0.783. The molecule has 1 aromatic carbocycles. The van der Waals surface area contributed by atoms with Crippen LogP contribution in [0.2, 0.25) is 5.02 Å². The minimum atomic E-state index is 0.660. The Bertz CT molecular complexity index is 460. The normalized spacial score (nSPS) is 11.1. The molecule has 3 N–H and O–H groups in total. The van der Waals surface area contributed by atoms with Gasteiger partial charge in [0.2, 0.25) is 0 Å². The average Bonchev–Trinajstić information content (AvgIpc) is 2.62. The predicted octanol–water partition coefficient (Wildman–Crippen LogP) is 2.63. The molecular weight excluding hydrogens is 196 g/mol. The summed E-state index contributed by atoms with van der Waals surface area (Å²) in [5.41, 5.74) is 8.94. The molecule has 0 unspecified atom stereocenters. The van der Waals surface area contributed by atoms with Crippen molar-refractivity contribution in [1.82, 2.24) is 4.98 Å². The fraction of sp³-hybridized carbons (Fsp3) is 0.273. The van der Waals surface area contributed by atoms with Gasteiger partial charge in [-0.3, -0.25) is 0 Å². The Morgan fingerprint density at radius 1 is 1.50 bits per heavy atom. The van der Waals surface area contributed by atoms with Crippen molar-refractivity contribution in [2.45, 2.75) is 13.3 Å². The van der Waals surface area contributed by atoms with Crippen LogP contribution in [0.3, 0.4) is 0 Å². The molecule has 0 saturated carbocycles. The Kier molecular flexibility index (Phi) is 2.48. The molecule has 0 atom stereocenters. The van der Waals surface area contributed by atoms with E-state index in [1.54, 1.807) is 0 Å². The molecule has 1 aromatic heterocycles. The van der Waals surface area contributed by atoms with Crippen LogP contribution in [0.15, 0.2) is 18.3 Å². The second kappa shape index (κ2) is 3.64. The maximum Gasteiger partial charge on any atom is 0.0678 e. The van der Waals surface area contributed by atoms with E-state index in [0.29, 0.717) is 6.54 Å². The Morgan fingerprint density at radius 2 is 2.29 bits per heavy atom. The van der Waals surface area contributed by atoms with E-state index in [0.717, 1.165) is 27.9 Å². The third kappa shape index (κ3) is 1.41. The van der Waals surface area contributed by atoms with Crippen LogP contribution in [-0.4, -0.2) is 11.5 Å². The van der Waals surface area contributed by atoms with Crippen molar-refractivity contribution in [3.8, 4) is 0 Å². The minimum absolute atomic E-state index is 0.660. The maximum atomic E-state index is 6.24. The third-order valence-corrected chi connectivity index (χ3v) is 3.03. The molecule has 2 rings (SSSR count). The summed E-state index contributed by atoms with van der Waals surface area (Å²) in [4.78, 5) is 3.13. The summed E-state index contributed by atoms with van der Waals surface area (Å²) in [7, 11) is 0. The van der Waals surface area contributed by atoms with Crippen LogP contribution in [0.25, 0.3) is 10.9 Å². The molecule has 0 bridgehead atoms. The molecule has 0 radical (unpaired) electrons. The number of hydrogen-bond donors (Lipinski definition) is 2. The molecule has 0 saturated heterocycles. The molecule has 1 heterocycles. The van der Waals surface area contributed by atoms with Crippen LogP contribution in [0, 0.1) is 6.92 Å². The number of H-pyrrole nitrogens is 1. The first-order valence-corrected chi connectivity index (χ1v) is 5.07. The lowest BCUT2D eigenvalue weighted by atomic mass is 10.0. The summed E-state index contributed by atoms with van der Waals surface area (Å²) in [6.45, 7) is 2.70. The largest absolute Gasteiger partial charge is 0.360 e. The van der Waals surface area contributed by atoms with Gasteiger partial charge in [-0.25, -0.2) is 0 Å². The molecule has 0 amide bonds. The highest BCUT2D eigenvalue weighted by Crippen LogP contribution is 2.28. The fourth-order valence-electron chi connectivity index (χ4n) is 1.73. The zero-order chi connectivity index (χ0) is 10.1. The summed E-state index contributed by atoms with van der Waals surface area (Å²) >= 11 is 6.24. The van der Waals surface area contributed by atoms with E-state index in [1.165, 1.54) is 5.56 Å². The van der Waals surface area contributed by atoms with Crippen LogP contribution in [-0.2, 0) is 6.42 Å². The summed E-state index contributed by atoms with van der Waals surface area (Å²) in [5, 5.41) is 1.97. The van der Waals surface area contributed by atoms with Crippen LogP contribution in [0.4, 0.5) is 0 Å². The molecule has 0 spiro atoms. The number of hydrogen-bond acceptors (Lipinski definition) is 1. The van der Waals surface area contributed by atoms with Crippen molar-refractivity contribution in [2.24, 2.45) is 5.73 Å². The van der Waals surface area contributed by atoms with Gasteiger partial charge < -0.3 is 10.7 Å². The lowest BCUT2D eigenvalue weighted by molar-refractivity contribution is 0.960. The molecule has 0 fully saturated rings. The van der Waals surface area contributed by atoms with E-state index in [9.17, 15) is 0 Å². The Labute approximate surface area is 88.1 Å². The molecule has 0 aliphatic heterocycles. The van der Waals surface area contributed by atoms with E-state index < -0.39 is 0 Å². The highest BCUT2D eigenvalue weighted by Gasteiger charge is 2.08. The van der Waals surface area contributed by atoms with Gasteiger partial charge in [0.1, 0.15) is 0 Å². The smallest absolute Gasteiger partial charge is 0.0678 e. The molecule has 0 aliphatic carbocycles. The minimum Gasteiger partial charge on any atom is -0.360 e. The summed E-state index contributed by atoms with van der Waals surface area (Å²) in [6, 6.07) is 4.18. The number of aromatic nitrogens is 1. The Morgan fingerprint density at radius 3 is 3.00 bits per heavy atom. The van der Waals surface area contributed by atoms with Gasteiger partial charge in [-0.2, -0.15) is 0 Å². The summed E-state index contributed by atoms with van der Waals surface area (Å²) in [6.07, 6.45) is 2.79. The number of benzene rings is 1. The third-order valence-electron chi connectivity index (χ3n) is 2.55. The lowest BCUT2D eigenvalue weighted by Gasteiger charge is -2.07. The van der Waals surface area contributed by atoms with E-state index in [2.05, 4.69) is 11.1 Å². The highest BCUT2D eigenvalue weighted by molar-refractivity contribution is 6.36. The van der Waals surface area contributed by atoms with Crippen molar-refractivity contribution < 1.29 is 0 Å². The van der Waals surface area contributed by atoms with Crippen LogP contribution >= 0.6 is 11.6 Å². The molecule has 14 heavy (non-hydrogen) atoms. The van der Waals surface area contributed by atoms with E-state index in [-0.39, 0.29) is 0 Å². The number of nitrogens with two attached hydrogens (primary N) is 1. The second-order valence-corrected chi connectivity index (χ2v) is 3.83. The first-order valence-electron chi connectivity index (χ1n) is 4.69. The molecule has 0 aliphatic rings. The molecule has 2 aromatic rings. The van der Waals surface area contributed by atoms with Gasteiger partial charge in [0.15, 0.2) is 0 Å². The van der Waals surface area contributed by atoms with Gasteiger partial charge in [-0.05, 0) is 43.1 Å². The highest BCUT2D eigenvalue weighted by atomic mass is 35.5. The molecular formula is C11H13ClN2. The zero-order valence-corrected chi connectivity index (χ0v) is 8.86. The molecule has 3 heteroatoms. The van der Waals surface area contributed by atoms with Crippen LogP contribution in [0.1, 0.15) is 11.1 Å². The second-order valence-electron chi connectivity index (χ2n) is 3.46. The predicted molar refractivity (Wildman–Crippen MR) is 60.8 cm³/mol. The summed E-state index contributed by atoms with van der Waals surface area (Å²) in [5.74, 6) is 0. The molecule has 2 nitrogen and oxygen atoms in total. The van der Waals surface area contributed by atoms with Crippen molar-refractivity contribution >= 4 is 22.5 Å². The lowest BCUT2D eigenvalue weighted by Crippen LogP contribution is -2.04. The SMILES string of the molecule is Cc1c(CCN)cc2cc[nH]c2c1Cl. The number of halogens is 1. The van der Waals surface area contributed by atoms with Crippen molar-refractivity contribution in [2.75, 3.05) is 6.54 Å². The monoisotopic (exact) mass is 208 g/mol. The summed E-state index contributed by atoms with van der Waals surface area (Å²) < 4.78 is 0. The molecule has 74 valence electrons. The number of aromatic amines is 1. The average molecular weight is 209 g/mol. The van der Waals surface area contributed by atoms with Gasteiger partial charge in [-0.15, -0.1) is 0 Å². The van der Waals surface area contributed by atoms with E-state index in [4.69, 9.17) is 17.3 Å². The number of rotatable bonds is 2. The standard InChI is InChI=1S/C11H13ClN2/c1-7-8(2-4-13)6-9-3-5-14-11(9)10(7)12/h3,5-6,14H,2,4,13H2,1H3. The first kappa shape index (κ1) is 9.56. The van der Waals surface area contributed by atoms with Gasteiger partial charge in [0, 0.05) is 11.6 Å². The van der Waals surface area contributed by atoms with Gasteiger partial charge in [-0.1, -0.05) is 11.6 Å². The maximum absolute atomic E-state index is 6.24. The zero-order valence-electron chi connectivity index (χ0n) is 8.10.